The maximum absolute atomic E-state index is 13.2. The SMILES string of the molecule is CCNC(=O)C(CC)N(Cc1ccc(F)cc1)C(=O)COc1ccc(Br)cc1. The van der Waals surface area contributed by atoms with E-state index in [1.165, 1.54) is 17.0 Å². The minimum Gasteiger partial charge on any atom is -0.484 e. The van der Waals surface area contributed by atoms with Gasteiger partial charge in [0.05, 0.1) is 0 Å². The van der Waals surface area contributed by atoms with E-state index in [4.69, 9.17) is 4.74 Å². The zero-order valence-electron chi connectivity index (χ0n) is 16.0. The average Bonchev–Trinajstić information content (AvgIpc) is 2.69. The summed E-state index contributed by atoms with van der Waals surface area (Å²) in [5.41, 5.74) is 0.737. The van der Waals surface area contributed by atoms with Crippen LogP contribution in [0.3, 0.4) is 0 Å². The third-order valence-electron chi connectivity index (χ3n) is 4.18. The molecule has 0 spiro atoms. The van der Waals surface area contributed by atoms with Gasteiger partial charge in [0, 0.05) is 17.6 Å². The van der Waals surface area contributed by atoms with E-state index < -0.39 is 6.04 Å². The predicted octanol–water partition coefficient (Wildman–Crippen LogP) is 3.91. The van der Waals surface area contributed by atoms with Gasteiger partial charge in [0.1, 0.15) is 17.6 Å². The smallest absolute Gasteiger partial charge is 0.261 e. The fraction of sp³-hybridized carbons (Fsp3) is 0.333. The minimum absolute atomic E-state index is 0.193. The van der Waals surface area contributed by atoms with Crippen molar-refractivity contribution in [1.29, 1.82) is 0 Å². The van der Waals surface area contributed by atoms with Gasteiger partial charge >= 0.3 is 0 Å². The number of ether oxygens (including phenoxy) is 1. The van der Waals surface area contributed by atoms with Crippen LogP contribution in [0.1, 0.15) is 25.8 Å². The zero-order chi connectivity index (χ0) is 20.5. The highest BCUT2D eigenvalue weighted by Crippen LogP contribution is 2.17. The molecule has 2 aromatic carbocycles. The van der Waals surface area contributed by atoms with Crippen LogP contribution in [0, 0.1) is 5.82 Å². The van der Waals surface area contributed by atoms with E-state index in [2.05, 4.69) is 21.2 Å². The summed E-state index contributed by atoms with van der Waals surface area (Å²) in [5, 5.41) is 2.77. The van der Waals surface area contributed by atoms with Crippen molar-refractivity contribution >= 4 is 27.7 Å². The Kier molecular flexibility index (Phi) is 8.44. The second kappa shape index (κ2) is 10.8. The molecule has 2 aromatic rings. The molecule has 0 saturated carbocycles. The highest BCUT2D eigenvalue weighted by atomic mass is 79.9. The molecule has 1 unspecified atom stereocenters. The third kappa shape index (κ3) is 6.34. The Balaban J connectivity index is 2.16. The molecule has 0 aliphatic carbocycles. The van der Waals surface area contributed by atoms with E-state index in [9.17, 15) is 14.0 Å². The largest absolute Gasteiger partial charge is 0.484 e. The summed E-state index contributed by atoms with van der Waals surface area (Å²) in [5.74, 6) is -0.324. The Labute approximate surface area is 173 Å². The van der Waals surface area contributed by atoms with Gasteiger partial charge in [-0.25, -0.2) is 4.39 Å². The van der Waals surface area contributed by atoms with Crippen molar-refractivity contribution in [2.24, 2.45) is 0 Å². The lowest BCUT2D eigenvalue weighted by atomic mass is 10.1. The lowest BCUT2D eigenvalue weighted by Crippen LogP contribution is -2.50. The Morgan fingerprint density at radius 1 is 1.11 bits per heavy atom. The highest BCUT2D eigenvalue weighted by molar-refractivity contribution is 9.10. The molecule has 0 heterocycles. The fourth-order valence-electron chi connectivity index (χ4n) is 2.76. The summed E-state index contributed by atoms with van der Waals surface area (Å²) in [6.45, 7) is 4.15. The Bertz CT molecular complexity index is 781. The number of halogens is 2. The summed E-state index contributed by atoms with van der Waals surface area (Å²) in [4.78, 5) is 26.8. The van der Waals surface area contributed by atoms with Gasteiger partial charge in [-0.05, 0) is 55.3 Å². The normalized spacial score (nSPS) is 11.6. The van der Waals surface area contributed by atoms with Gasteiger partial charge in [-0.15, -0.1) is 0 Å². The van der Waals surface area contributed by atoms with Crippen molar-refractivity contribution < 1.29 is 18.7 Å². The molecular formula is C21H24BrFN2O3. The van der Waals surface area contributed by atoms with E-state index in [0.717, 1.165) is 10.0 Å². The van der Waals surface area contributed by atoms with Gasteiger partial charge in [-0.2, -0.15) is 0 Å². The van der Waals surface area contributed by atoms with E-state index in [1.807, 2.05) is 26.0 Å². The van der Waals surface area contributed by atoms with Crippen LogP contribution in [-0.4, -0.2) is 35.9 Å². The first kappa shape index (κ1) is 21.9. The lowest BCUT2D eigenvalue weighted by Gasteiger charge is -2.30. The van der Waals surface area contributed by atoms with Crippen molar-refractivity contribution in [2.45, 2.75) is 32.9 Å². The molecule has 2 amide bonds. The molecule has 0 aromatic heterocycles. The second-order valence-electron chi connectivity index (χ2n) is 6.21. The fourth-order valence-corrected chi connectivity index (χ4v) is 3.02. The molecule has 0 radical (unpaired) electrons. The van der Waals surface area contributed by atoms with Crippen molar-refractivity contribution in [3.8, 4) is 5.75 Å². The number of nitrogens with zero attached hydrogens (tertiary/aromatic N) is 1. The average molecular weight is 451 g/mol. The van der Waals surface area contributed by atoms with Crippen LogP contribution >= 0.6 is 15.9 Å². The van der Waals surface area contributed by atoms with Gasteiger partial charge in [-0.1, -0.05) is 35.0 Å². The maximum Gasteiger partial charge on any atom is 0.261 e. The molecule has 0 fully saturated rings. The topological polar surface area (TPSA) is 58.6 Å². The quantitative estimate of drug-likeness (QED) is 0.629. The van der Waals surface area contributed by atoms with Gasteiger partial charge in [-0.3, -0.25) is 9.59 Å². The molecule has 0 bridgehead atoms. The monoisotopic (exact) mass is 450 g/mol. The molecule has 150 valence electrons. The first-order chi connectivity index (χ1) is 13.4. The van der Waals surface area contributed by atoms with Crippen molar-refractivity contribution in [2.75, 3.05) is 13.2 Å². The Morgan fingerprint density at radius 2 is 1.75 bits per heavy atom. The number of hydrogen-bond donors (Lipinski definition) is 1. The highest BCUT2D eigenvalue weighted by Gasteiger charge is 2.28. The van der Waals surface area contributed by atoms with Crippen LogP contribution < -0.4 is 10.1 Å². The van der Waals surface area contributed by atoms with E-state index in [0.29, 0.717) is 18.7 Å². The third-order valence-corrected chi connectivity index (χ3v) is 4.71. The number of carbonyl (C=O) groups excluding carboxylic acids is 2. The Morgan fingerprint density at radius 3 is 2.32 bits per heavy atom. The van der Waals surface area contributed by atoms with Gasteiger partial charge in [0.2, 0.25) is 5.91 Å². The van der Waals surface area contributed by atoms with Crippen LogP contribution in [0.5, 0.6) is 5.75 Å². The summed E-state index contributed by atoms with van der Waals surface area (Å²) >= 11 is 3.35. The van der Waals surface area contributed by atoms with E-state index >= 15 is 0 Å². The van der Waals surface area contributed by atoms with Crippen molar-refractivity contribution in [3.05, 3.63) is 64.4 Å². The predicted molar refractivity (Wildman–Crippen MR) is 109 cm³/mol. The first-order valence-corrected chi connectivity index (χ1v) is 9.93. The number of hydrogen-bond acceptors (Lipinski definition) is 3. The molecule has 2 rings (SSSR count). The van der Waals surface area contributed by atoms with Gasteiger partial charge in [0.25, 0.3) is 5.91 Å². The molecule has 1 N–H and O–H groups in total. The zero-order valence-corrected chi connectivity index (χ0v) is 17.5. The summed E-state index contributed by atoms with van der Waals surface area (Å²) in [6, 6.07) is 12.4. The van der Waals surface area contributed by atoms with Gasteiger partial charge in [0.15, 0.2) is 6.61 Å². The van der Waals surface area contributed by atoms with Crippen LogP contribution in [0.4, 0.5) is 4.39 Å². The second-order valence-corrected chi connectivity index (χ2v) is 7.13. The molecular weight excluding hydrogens is 427 g/mol. The number of likely N-dealkylation sites (N-methyl/N-ethyl adjacent to an activating group) is 1. The van der Waals surface area contributed by atoms with Crippen molar-refractivity contribution in [1.82, 2.24) is 10.2 Å². The van der Waals surface area contributed by atoms with E-state index in [1.54, 1.807) is 24.3 Å². The number of rotatable bonds is 9. The maximum atomic E-state index is 13.2. The number of amides is 2. The minimum atomic E-state index is -0.633. The molecule has 28 heavy (non-hydrogen) atoms. The molecule has 0 saturated heterocycles. The molecule has 7 heteroatoms. The van der Waals surface area contributed by atoms with Crippen molar-refractivity contribution in [3.63, 3.8) is 0 Å². The first-order valence-electron chi connectivity index (χ1n) is 9.14. The molecule has 1 atom stereocenters. The summed E-state index contributed by atoms with van der Waals surface area (Å²) < 4.78 is 19.7. The lowest BCUT2D eigenvalue weighted by molar-refractivity contribution is -0.142. The standard InChI is InChI=1S/C21H24BrFN2O3/c1-3-19(21(27)24-4-2)25(13-15-5-9-17(23)10-6-15)20(26)14-28-18-11-7-16(22)8-12-18/h5-12,19H,3-4,13-14H2,1-2H3,(H,24,27). The summed E-state index contributed by atoms with van der Waals surface area (Å²) in [6.07, 6.45) is 0.455. The number of benzene rings is 2. The van der Waals surface area contributed by atoms with Gasteiger partial charge < -0.3 is 15.0 Å². The van der Waals surface area contributed by atoms with E-state index in [-0.39, 0.29) is 30.8 Å². The van der Waals surface area contributed by atoms with Crippen LogP contribution in [-0.2, 0) is 16.1 Å². The molecule has 5 nitrogen and oxygen atoms in total. The number of carbonyl (C=O) groups is 2. The van der Waals surface area contributed by atoms with Crippen LogP contribution in [0.2, 0.25) is 0 Å². The molecule has 0 aliphatic rings. The van der Waals surface area contributed by atoms with Crippen LogP contribution in [0.25, 0.3) is 0 Å². The number of nitrogens with one attached hydrogen (secondary N) is 1. The summed E-state index contributed by atoms with van der Waals surface area (Å²) in [7, 11) is 0. The van der Waals surface area contributed by atoms with Crippen LogP contribution in [0.15, 0.2) is 53.0 Å². The molecule has 0 aliphatic heterocycles. The Hall–Kier alpha value is -2.41.